The van der Waals surface area contributed by atoms with E-state index in [2.05, 4.69) is 16.3 Å². The molecule has 0 unspecified atom stereocenters. The highest BCUT2D eigenvalue weighted by Crippen LogP contribution is 2.17. The van der Waals surface area contributed by atoms with E-state index < -0.39 is 0 Å². The Bertz CT molecular complexity index is 529. The van der Waals surface area contributed by atoms with Gasteiger partial charge in [-0.15, -0.1) is 6.42 Å². The zero-order valence-electron chi connectivity index (χ0n) is 10.7. The second-order valence-electron chi connectivity index (χ2n) is 4.05. The van der Waals surface area contributed by atoms with E-state index in [9.17, 15) is 0 Å². The maximum absolute atomic E-state index is 5.50. The van der Waals surface area contributed by atoms with Crippen LogP contribution in [0.3, 0.4) is 0 Å². The summed E-state index contributed by atoms with van der Waals surface area (Å²) in [6.07, 6.45) is 8.93. The van der Waals surface area contributed by atoms with E-state index in [1.165, 1.54) is 0 Å². The van der Waals surface area contributed by atoms with Crippen molar-refractivity contribution in [3.63, 3.8) is 0 Å². The molecule has 1 N–H and O–H groups in total. The Hall–Kier alpha value is -2.25. The molecule has 0 atom stereocenters. The van der Waals surface area contributed by atoms with Crippen LogP contribution in [-0.2, 0) is 13.1 Å². The fourth-order valence-electron chi connectivity index (χ4n) is 1.76. The maximum Gasteiger partial charge on any atom is 0.148 e. The van der Waals surface area contributed by atoms with E-state index in [4.69, 9.17) is 11.2 Å². The van der Waals surface area contributed by atoms with Crippen LogP contribution < -0.4 is 10.1 Å². The number of para-hydroxylation sites is 1. The Morgan fingerprint density at radius 3 is 3.00 bits per heavy atom. The third-order valence-corrected chi connectivity index (χ3v) is 2.68. The summed E-state index contributed by atoms with van der Waals surface area (Å²) < 4.78 is 7.39. The number of hydrogen-bond acceptors (Lipinski definition) is 3. The van der Waals surface area contributed by atoms with Crippen LogP contribution in [0.1, 0.15) is 5.56 Å². The van der Waals surface area contributed by atoms with Crippen molar-refractivity contribution in [1.82, 2.24) is 15.1 Å². The molecule has 19 heavy (non-hydrogen) atoms. The molecule has 0 aliphatic rings. The van der Waals surface area contributed by atoms with Crippen LogP contribution in [0, 0.1) is 12.3 Å². The number of nitrogens with zero attached hydrogens (tertiary/aromatic N) is 2. The van der Waals surface area contributed by atoms with Gasteiger partial charge in [0.25, 0.3) is 0 Å². The number of benzene rings is 1. The minimum Gasteiger partial charge on any atom is -0.481 e. The molecular formula is C15H17N3O. The second kappa shape index (κ2) is 7.24. The van der Waals surface area contributed by atoms with Crippen molar-refractivity contribution in [2.75, 3.05) is 13.2 Å². The highest BCUT2D eigenvalue weighted by atomic mass is 16.5. The Morgan fingerprint density at radius 1 is 1.32 bits per heavy atom. The van der Waals surface area contributed by atoms with Crippen LogP contribution in [0.15, 0.2) is 42.7 Å². The molecule has 0 aliphatic heterocycles. The molecule has 0 saturated carbocycles. The Kier molecular flexibility index (Phi) is 5.03. The predicted octanol–water partition coefficient (Wildman–Crippen LogP) is 1.68. The first-order valence-corrected chi connectivity index (χ1v) is 6.22. The van der Waals surface area contributed by atoms with Gasteiger partial charge in [-0.3, -0.25) is 4.68 Å². The Morgan fingerprint density at radius 2 is 2.21 bits per heavy atom. The van der Waals surface area contributed by atoms with Gasteiger partial charge < -0.3 is 10.1 Å². The van der Waals surface area contributed by atoms with Crippen LogP contribution in [0.4, 0.5) is 0 Å². The minimum atomic E-state index is 0.296. The molecule has 0 fully saturated rings. The van der Waals surface area contributed by atoms with Gasteiger partial charge in [0.1, 0.15) is 12.4 Å². The highest BCUT2D eigenvalue weighted by molar-refractivity contribution is 5.33. The number of aromatic nitrogens is 2. The van der Waals surface area contributed by atoms with E-state index in [0.29, 0.717) is 6.61 Å². The van der Waals surface area contributed by atoms with Gasteiger partial charge in [-0.05, 0) is 12.1 Å². The number of terminal acetylenes is 1. The second-order valence-corrected chi connectivity index (χ2v) is 4.05. The van der Waals surface area contributed by atoms with Gasteiger partial charge >= 0.3 is 0 Å². The van der Waals surface area contributed by atoms with Crippen molar-refractivity contribution in [2.45, 2.75) is 13.1 Å². The normalized spacial score (nSPS) is 10.1. The Labute approximate surface area is 113 Å². The standard InChI is InChI=1S/C15H17N3O/c1-2-12-19-15-7-4-3-6-14(15)13-16-9-11-18-10-5-8-17-18/h1,3-8,10,16H,9,11-13H2. The SMILES string of the molecule is C#CCOc1ccccc1CNCCn1cccn1. The topological polar surface area (TPSA) is 39.1 Å². The summed E-state index contributed by atoms with van der Waals surface area (Å²) in [5, 5.41) is 7.51. The minimum absolute atomic E-state index is 0.296. The van der Waals surface area contributed by atoms with Crippen LogP contribution in [-0.4, -0.2) is 22.9 Å². The summed E-state index contributed by atoms with van der Waals surface area (Å²) in [6, 6.07) is 9.82. The van der Waals surface area contributed by atoms with E-state index >= 15 is 0 Å². The molecule has 1 heterocycles. The zero-order valence-corrected chi connectivity index (χ0v) is 10.7. The van der Waals surface area contributed by atoms with Crippen LogP contribution >= 0.6 is 0 Å². The lowest BCUT2D eigenvalue weighted by atomic mass is 10.2. The van der Waals surface area contributed by atoms with Crippen molar-refractivity contribution < 1.29 is 4.74 Å². The largest absolute Gasteiger partial charge is 0.481 e. The lowest BCUT2D eigenvalue weighted by Crippen LogP contribution is -2.20. The fraction of sp³-hybridized carbons (Fsp3) is 0.267. The molecule has 2 rings (SSSR count). The quantitative estimate of drug-likeness (QED) is 0.604. The monoisotopic (exact) mass is 255 g/mol. The van der Waals surface area contributed by atoms with Gasteiger partial charge in [-0.1, -0.05) is 24.1 Å². The van der Waals surface area contributed by atoms with Gasteiger partial charge in [0.15, 0.2) is 0 Å². The lowest BCUT2D eigenvalue weighted by Gasteiger charge is -2.10. The molecule has 1 aromatic heterocycles. The lowest BCUT2D eigenvalue weighted by molar-refractivity contribution is 0.364. The van der Waals surface area contributed by atoms with Crippen molar-refractivity contribution in [3.8, 4) is 18.1 Å². The summed E-state index contributed by atoms with van der Waals surface area (Å²) in [6.45, 7) is 2.75. The third-order valence-electron chi connectivity index (χ3n) is 2.68. The zero-order chi connectivity index (χ0) is 13.3. The maximum atomic E-state index is 5.50. The first-order valence-electron chi connectivity index (χ1n) is 6.22. The molecule has 0 bridgehead atoms. The van der Waals surface area contributed by atoms with E-state index in [0.717, 1.165) is 30.9 Å². The summed E-state index contributed by atoms with van der Waals surface area (Å²) in [4.78, 5) is 0. The molecule has 0 spiro atoms. The molecule has 4 heteroatoms. The van der Waals surface area contributed by atoms with Crippen molar-refractivity contribution >= 4 is 0 Å². The molecule has 0 amide bonds. The first kappa shape index (κ1) is 13.2. The van der Waals surface area contributed by atoms with Gasteiger partial charge in [0.2, 0.25) is 0 Å². The first-order chi connectivity index (χ1) is 9.40. The molecule has 0 aliphatic carbocycles. The smallest absolute Gasteiger partial charge is 0.148 e. The summed E-state index contributed by atoms with van der Waals surface area (Å²) >= 11 is 0. The molecule has 98 valence electrons. The Balaban J connectivity index is 1.80. The van der Waals surface area contributed by atoms with E-state index in [1.54, 1.807) is 6.20 Å². The van der Waals surface area contributed by atoms with Crippen molar-refractivity contribution in [2.24, 2.45) is 0 Å². The number of rotatable bonds is 7. The van der Waals surface area contributed by atoms with Crippen molar-refractivity contribution in [1.29, 1.82) is 0 Å². The average molecular weight is 255 g/mol. The molecule has 0 radical (unpaired) electrons. The summed E-state index contributed by atoms with van der Waals surface area (Å²) in [5.41, 5.74) is 1.11. The molecule has 0 saturated heterocycles. The predicted molar refractivity (Wildman–Crippen MR) is 74.7 cm³/mol. The highest BCUT2D eigenvalue weighted by Gasteiger charge is 2.01. The molecule has 1 aromatic carbocycles. The average Bonchev–Trinajstić information content (AvgIpc) is 2.95. The number of ether oxygens (including phenoxy) is 1. The van der Waals surface area contributed by atoms with Crippen molar-refractivity contribution in [3.05, 3.63) is 48.3 Å². The third kappa shape index (κ3) is 4.16. The summed E-state index contributed by atoms with van der Waals surface area (Å²) in [7, 11) is 0. The van der Waals surface area contributed by atoms with Gasteiger partial charge in [0.05, 0.1) is 6.54 Å². The molecular weight excluding hydrogens is 238 g/mol. The van der Waals surface area contributed by atoms with Gasteiger partial charge in [-0.25, -0.2) is 0 Å². The summed E-state index contributed by atoms with van der Waals surface area (Å²) in [5.74, 6) is 3.31. The van der Waals surface area contributed by atoms with Gasteiger partial charge in [0, 0.05) is 31.0 Å². The van der Waals surface area contributed by atoms with Gasteiger partial charge in [-0.2, -0.15) is 5.10 Å². The van der Waals surface area contributed by atoms with Crippen LogP contribution in [0.5, 0.6) is 5.75 Å². The molecule has 4 nitrogen and oxygen atoms in total. The fourth-order valence-corrected chi connectivity index (χ4v) is 1.76. The number of hydrogen-bond donors (Lipinski definition) is 1. The van der Waals surface area contributed by atoms with E-state index in [1.807, 2.05) is 41.2 Å². The van der Waals surface area contributed by atoms with Crippen LogP contribution in [0.2, 0.25) is 0 Å². The number of nitrogens with one attached hydrogen (secondary N) is 1. The molecule has 2 aromatic rings. The van der Waals surface area contributed by atoms with Crippen LogP contribution in [0.25, 0.3) is 0 Å². The van der Waals surface area contributed by atoms with E-state index in [-0.39, 0.29) is 0 Å².